The maximum absolute atomic E-state index is 11.3. The van der Waals surface area contributed by atoms with Gasteiger partial charge in [0.2, 0.25) is 0 Å². The number of sulfone groups is 1. The van der Waals surface area contributed by atoms with Gasteiger partial charge >= 0.3 is 0 Å². The van der Waals surface area contributed by atoms with Crippen LogP contribution >= 0.6 is 0 Å². The monoisotopic (exact) mass is 281 g/mol. The quantitative estimate of drug-likeness (QED) is 0.807. The predicted octanol–water partition coefficient (Wildman–Crippen LogP) is 1.40. The molecule has 1 aromatic carbocycles. The Hall–Kier alpha value is -1.76. The number of aromatic nitrogens is 1. The Morgan fingerprint density at radius 1 is 1.32 bits per heavy atom. The van der Waals surface area contributed by atoms with E-state index in [1.165, 1.54) is 0 Å². The number of oxazole rings is 1. The molecule has 0 bridgehead atoms. The van der Waals surface area contributed by atoms with Gasteiger partial charge in [0.25, 0.3) is 6.01 Å². The standard InChI is InChI=1S/C12H15N3O3S/c13-8-1-2-11-10(7-8)15-12(18-11)14-9-3-5-19(16,17)6-4-9/h1-2,7,9H,3-6,13H2,(H,14,15). The normalized spacial score (nSPS) is 19.6. The van der Waals surface area contributed by atoms with Crippen molar-refractivity contribution in [2.24, 2.45) is 0 Å². The molecule has 1 aromatic heterocycles. The number of nitrogens with two attached hydrogens (primary N) is 1. The molecule has 0 radical (unpaired) electrons. The zero-order valence-electron chi connectivity index (χ0n) is 10.3. The highest BCUT2D eigenvalue weighted by Crippen LogP contribution is 2.23. The number of nitrogens with one attached hydrogen (secondary N) is 1. The molecule has 1 saturated heterocycles. The molecule has 0 spiro atoms. The molecule has 1 fully saturated rings. The van der Waals surface area contributed by atoms with Crippen molar-refractivity contribution < 1.29 is 12.8 Å². The summed E-state index contributed by atoms with van der Waals surface area (Å²) in [4.78, 5) is 4.30. The van der Waals surface area contributed by atoms with Crippen LogP contribution in [0, 0.1) is 0 Å². The molecule has 0 atom stereocenters. The number of nitrogen functional groups attached to an aromatic ring is 1. The van der Waals surface area contributed by atoms with Gasteiger partial charge in [-0.05, 0) is 31.0 Å². The minimum Gasteiger partial charge on any atom is -0.424 e. The second-order valence-corrected chi connectivity index (χ2v) is 7.12. The topological polar surface area (TPSA) is 98.2 Å². The van der Waals surface area contributed by atoms with Gasteiger partial charge < -0.3 is 15.5 Å². The van der Waals surface area contributed by atoms with Gasteiger partial charge in [0.1, 0.15) is 15.4 Å². The van der Waals surface area contributed by atoms with Crippen LogP contribution in [0.5, 0.6) is 0 Å². The van der Waals surface area contributed by atoms with Crippen LogP contribution in [-0.2, 0) is 9.84 Å². The molecule has 3 N–H and O–H groups in total. The van der Waals surface area contributed by atoms with Crippen molar-refractivity contribution in [2.45, 2.75) is 18.9 Å². The molecule has 19 heavy (non-hydrogen) atoms. The van der Waals surface area contributed by atoms with Crippen LogP contribution in [-0.4, -0.2) is 30.9 Å². The third-order valence-corrected chi connectivity index (χ3v) is 5.01. The van der Waals surface area contributed by atoms with E-state index >= 15 is 0 Å². The van der Waals surface area contributed by atoms with Gasteiger partial charge in [-0.3, -0.25) is 0 Å². The van der Waals surface area contributed by atoms with E-state index in [1.54, 1.807) is 18.2 Å². The number of benzene rings is 1. The lowest BCUT2D eigenvalue weighted by atomic mass is 10.2. The zero-order valence-corrected chi connectivity index (χ0v) is 11.1. The van der Waals surface area contributed by atoms with E-state index in [-0.39, 0.29) is 17.5 Å². The van der Waals surface area contributed by atoms with Crippen LogP contribution in [0.2, 0.25) is 0 Å². The largest absolute Gasteiger partial charge is 0.424 e. The number of anilines is 2. The second-order valence-electron chi connectivity index (χ2n) is 4.82. The number of rotatable bonds is 2. The second kappa shape index (κ2) is 4.41. The van der Waals surface area contributed by atoms with Gasteiger partial charge in [-0.15, -0.1) is 0 Å². The summed E-state index contributed by atoms with van der Waals surface area (Å²) >= 11 is 0. The Morgan fingerprint density at radius 3 is 2.79 bits per heavy atom. The Labute approximate surface area is 110 Å². The minimum absolute atomic E-state index is 0.0916. The fourth-order valence-electron chi connectivity index (χ4n) is 2.22. The SMILES string of the molecule is Nc1ccc2oc(NC3CCS(=O)(=O)CC3)nc2c1. The molecular formula is C12H15N3O3S. The van der Waals surface area contributed by atoms with Crippen molar-refractivity contribution in [3.63, 3.8) is 0 Å². The molecule has 1 aliphatic heterocycles. The van der Waals surface area contributed by atoms with E-state index in [2.05, 4.69) is 10.3 Å². The lowest BCUT2D eigenvalue weighted by Gasteiger charge is -2.21. The molecule has 2 aromatic rings. The summed E-state index contributed by atoms with van der Waals surface area (Å²) in [6.07, 6.45) is 1.17. The van der Waals surface area contributed by atoms with Gasteiger partial charge in [0.15, 0.2) is 5.58 Å². The number of hydrogen-bond donors (Lipinski definition) is 2. The van der Waals surface area contributed by atoms with E-state index in [1.807, 2.05) is 0 Å². The van der Waals surface area contributed by atoms with E-state index in [0.29, 0.717) is 35.6 Å². The molecule has 3 rings (SSSR count). The number of hydrogen-bond acceptors (Lipinski definition) is 6. The summed E-state index contributed by atoms with van der Waals surface area (Å²) in [7, 11) is -2.85. The molecule has 1 aliphatic rings. The maximum atomic E-state index is 11.3. The van der Waals surface area contributed by atoms with Gasteiger partial charge in [0, 0.05) is 11.7 Å². The number of fused-ring (bicyclic) bond motifs is 1. The van der Waals surface area contributed by atoms with Crippen molar-refractivity contribution in [1.29, 1.82) is 0 Å². The molecule has 6 nitrogen and oxygen atoms in total. The van der Waals surface area contributed by atoms with E-state index < -0.39 is 9.84 Å². The third-order valence-electron chi connectivity index (χ3n) is 3.29. The lowest BCUT2D eigenvalue weighted by Crippen LogP contribution is -2.32. The van der Waals surface area contributed by atoms with Crippen LogP contribution in [0.25, 0.3) is 11.1 Å². The first kappa shape index (κ1) is 12.3. The number of nitrogens with zero attached hydrogens (tertiary/aromatic N) is 1. The molecule has 0 saturated carbocycles. The summed E-state index contributed by atoms with van der Waals surface area (Å²) in [6, 6.07) is 5.78. The molecule has 7 heteroatoms. The van der Waals surface area contributed by atoms with Crippen LogP contribution < -0.4 is 11.1 Å². The van der Waals surface area contributed by atoms with Crippen LogP contribution in [0.3, 0.4) is 0 Å². The van der Waals surface area contributed by atoms with Gasteiger partial charge in [-0.2, -0.15) is 4.98 Å². The summed E-state index contributed by atoms with van der Waals surface area (Å²) in [5.41, 5.74) is 7.68. The minimum atomic E-state index is -2.85. The highest BCUT2D eigenvalue weighted by Gasteiger charge is 2.24. The van der Waals surface area contributed by atoms with Crippen LogP contribution in [0.4, 0.5) is 11.7 Å². The summed E-state index contributed by atoms with van der Waals surface area (Å²) in [5, 5.41) is 3.14. The predicted molar refractivity (Wildman–Crippen MR) is 73.7 cm³/mol. The Bertz CT molecular complexity index is 694. The van der Waals surface area contributed by atoms with Crippen molar-refractivity contribution in [2.75, 3.05) is 22.6 Å². The first-order valence-electron chi connectivity index (χ1n) is 6.15. The fourth-order valence-corrected chi connectivity index (χ4v) is 3.71. The summed E-state index contributed by atoms with van der Waals surface area (Å²) < 4.78 is 28.2. The zero-order chi connectivity index (χ0) is 13.5. The molecule has 2 heterocycles. The maximum Gasteiger partial charge on any atom is 0.295 e. The van der Waals surface area contributed by atoms with Gasteiger partial charge in [0.05, 0.1) is 11.5 Å². The Morgan fingerprint density at radius 2 is 2.05 bits per heavy atom. The van der Waals surface area contributed by atoms with Gasteiger partial charge in [-0.25, -0.2) is 8.42 Å². The molecule has 102 valence electrons. The van der Waals surface area contributed by atoms with E-state index in [4.69, 9.17) is 10.2 Å². The molecule has 0 amide bonds. The summed E-state index contributed by atoms with van der Waals surface area (Å²) in [5.74, 6) is 0.440. The molecule has 0 unspecified atom stereocenters. The Balaban J connectivity index is 1.75. The molecule has 0 aliphatic carbocycles. The summed E-state index contributed by atoms with van der Waals surface area (Å²) in [6.45, 7) is 0. The Kier molecular flexibility index (Phi) is 2.85. The van der Waals surface area contributed by atoms with Gasteiger partial charge in [-0.1, -0.05) is 0 Å². The van der Waals surface area contributed by atoms with E-state index in [9.17, 15) is 8.42 Å². The third kappa shape index (κ3) is 2.65. The average Bonchev–Trinajstić information content (AvgIpc) is 2.73. The van der Waals surface area contributed by atoms with E-state index in [0.717, 1.165) is 0 Å². The highest BCUT2D eigenvalue weighted by atomic mass is 32.2. The average molecular weight is 281 g/mol. The first-order chi connectivity index (χ1) is 9.02. The lowest BCUT2D eigenvalue weighted by molar-refractivity contribution is 0.542. The van der Waals surface area contributed by atoms with Crippen molar-refractivity contribution in [3.05, 3.63) is 18.2 Å². The van der Waals surface area contributed by atoms with Crippen molar-refractivity contribution >= 4 is 32.6 Å². The molecular weight excluding hydrogens is 266 g/mol. The fraction of sp³-hybridized carbons (Fsp3) is 0.417. The van der Waals surface area contributed by atoms with Crippen LogP contribution in [0.15, 0.2) is 22.6 Å². The van der Waals surface area contributed by atoms with Crippen LogP contribution in [0.1, 0.15) is 12.8 Å². The highest BCUT2D eigenvalue weighted by molar-refractivity contribution is 7.91. The smallest absolute Gasteiger partial charge is 0.295 e. The first-order valence-corrected chi connectivity index (χ1v) is 7.97. The van der Waals surface area contributed by atoms with Crippen molar-refractivity contribution in [1.82, 2.24) is 4.98 Å². The van der Waals surface area contributed by atoms with Crippen molar-refractivity contribution in [3.8, 4) is 0 Å².